The van der Waals surface area contributed by atoms with Gasteiger partial charge in [-0.3, -0.25) is 9.59 Å². The third-order valence-corrected chi connectivity index (χ3v) is 3.70. The largest absolute Gasteiger partial charge is 0.369 e. The quantitative estimate of drug-likeness (QED) is 0.655. The van der Waals surface area contributed by atoms with Gasteiger partial charge in [0.05, 0.1) is 11.5 Å². The van der Waals surface area contributed by atoms with E-state index in [4.69, 9.17) is 5.73 Å². The van der Waals surface area contributed by atoms with Crippen LogP contribution in [0.1, 0.15) is 29.6 Å². The van der Waals surface area contributed by atoms with Crippen LogP contribution in [-0.4, -0.2) is 47.9 Å². The predicted molar refractivity (Wildman–Crippen MR) is 76.1 cm³/mol. The summed E-state index contributed by atoms with van der Waals surface area (Å²) in [7, 11) is 0. The number of nitrogens with two attached hydrogens (primary N) is 1. The monoisotopic (exact) mass is 278 g/mol. The molecule has 2 amide bonds. The Bertz CT molecular complexity index is 444. The third kappa shape index (κ3) is 4.09. The van der Waals surface area contributed by atoms with E-state index in [1.165, 1.54) is 0 Å². The minimum Gasteiger partial charge on any atom is -0.369 e. The molecule has 0 spiro atoms. The zero-order chi connectivity index (χ0) is 14.4. The van der Waals surface area contributed by atoms with Crippen molar-refractivity contribution in [3.05, 3.63) is 24.0 Å². The Morgan fingerprint density at radius 2 is 2.35 bits per heavy atom. The Kier molecular flexibility index (Phi) is 5.17. The molecule has 6 heteroatoms. The number of carbonyl (C=O) groups excluding carboxylic acids is 2. The lowest BCUT2D eigenvalue weighted by Crippen LogP contribution is -2.42. The summed E-state index contributed by atoms with van der Waals surface area (Å²) in [6.45, 7) is 3.29. The minimum absolute atomic E-state index is 0.0156. The number of hydrogen-bond donors (Lipinski definition) is 3. The van der Waals surface area contributed by atoms with Crippen molar-refractivity contribution < 1.29 is 9.59 Å². The highest BCUT2D eigenvalue weighted by atomic mass is 16.2. The number of primary amides is 1. The number of piperidine rings is 1. The zero-order valence-corrected chi connectivity index (χ0v) is 11.6. The highest BCUT2D eigenvalue weighted by molar-refractivity contribution is 5.93. The minimum atomic E-state index is -0.199. The number of nitrogens with one attached hydrogen (secondary N) is 2. The van der Waals surface area contributed by atoms with Gasteiger partial charge in [-0.1, -0.05) is 0 Å². The van der Waals surface area contributed by atoms with Crippen molar-refractivity contribution in [2.45, 2.75) is 19.3 Å². The van der Waals surface area contributed by atoms with Crippen LogP contribution in [0, 0.1) is 5.92 Å². The van der Waals surface area contributed by atoms with Gasteiger partial charge in [0.2, 0.25) is 5.91 Å². The number of aromatic nitrogens is 1. The Balaban J connectivity index is 1.63. The van der Waals surface area contributed by atoms with E-state index in [-0.39, 0.29) is 17.7 Å². The van der Waals surface area contributed by atoms with Gasteiger partial charge in [-0.15, -0.1) is 0 Å². The maximum Gasteiger partial charge on any atom is 0.252 e. The molecule has 0 saturated carbocycles. The second kappa shape index (κ2) is 7.09. The van der Waals surface area contributed by atoms with E-state index in [2.05, 4.69) is 15.2 Å². The van der Waals surface area contributed by atoms with Crippen molar-refractivity contribution in [1.29, 1.82) is 0 Å². The van der Waals surface area contributed by atoms with Crippen LogP contribution in [0.4, 0.5) is 0 Å². The Labute approximate surface area is 118 Å². The summed E-state index contributed by atoms with van der Waals surface area (Å²) in [4.78, 5) is 28.0. The summed E-state index contributed by atoms with van der Waals surface area (Å²) in [5, 5.41) is 2.88. The topological polar surface area (TPSA) is 91.2 Å². The van der Waals surface area contributed by atoms with Gasteiger partial charge in [-0.2, -0.15) is 0 Å². The van der Waals surface area contributed by atoms with Gasteiger partial charge < -0.3 is 20.9 Å². The van der Waals surface area contributed by atoms with Crippen molar-refractivity contribution in [3.8, 4) is 0 Å². The standard InChI is InChI=1S/C14H22N4O2/c15-13(19)12-3-1-7-18(10-12)8-2-5-17-14(20)11-4-6-16-9-11/h4,6,9,12,16H,1-3,5,7-8,10H2,(H2,15,19)(H,17,20)/t12-/m1/s1. The van der Waals surface area contributed by atoms with Gasteiger partial charge in [0.1, 0.15) is 0 Å². The van der Waals surface area contributed by atoms with Crippen molar-refractivity contribution in [3.63, 3.8) is 0 Å². The zero-order valence-electron chi connectivity index (χ0n) is 11.6. The molecule has 1 atom stereocenters. The number of rotatable bonds is 6. The van der Waals surface area contributed by atoms with E-state index in [0.29, 0.717) is 12.1 Å². The van der Waals surface area contributed by atoms with Crippen LogP contribution in [0.2, 0.25) is 0 Å². The lowest BCUT2D eigenvalue weighted by Gasteiger charge is -2.31. The van der Waals surface area contributed by atoms with Gasteiger partial charge in [0.15, 0.2) is 0 Å². The number of H-pyrrole nitrogens is 1. The van der Waals surface area contributed by atoms with Crippen LogP contribution in [0.5, 0.6) is 0 Å². The van der Waals surface area contributed by atoms with Gasteiger partial charge in [0, 0.05) is 25.5 Å². The summed E-state index contributed by atoms with van der Waals surface area (Å²) >= 11 is 0. The number of aromatic amines is 1. The van der Waals surface area contributed by atoms with Crippen molar-refractivity contribution in [1.82, 2.24) is 15.2 Å². The average molecular weight is 278 g/mol. The summed E-state index contributed by atoms with van der Waals surface area (Å²) in [6, 6.07) is 1.75. The molecule has 0 aromatic carbocycles. The van der Waals surface area contributed by atoms with Gasteiger partial charge >= 0.3 is 0 Å². The molecular formula is C14H22N4O2. The number of likely N-dealkylation sites (tertiary alicyclic amines) is 1. The SMILES string of the molecule is NC(=O)[C@@H]1CCCN(CCCNC(=O)c2cc[nH]c2)C1. The number of nitrogens with zero attached hydrogens (tertiary/aromatic N) is 1. The Morgan fingerprint density at radius 1 is 1.50 bits per heavy atom. The molecule has 0 unspecified atom stereocenters. The fraction of sp³-hybridized carbons (Fsp3) is 0.571. The van der Waals surface area contributed by atoms with Crippen LogP contribution in [-0.2, 0) is 4.79 Å². The molecule has 1 saturated heterocycles. The second-order valence-corrected chi connectivity index (χ2v) is 5.25. The normalized spacial score (nSPS) is 19.7. The molecular weight excluding hydrogens is 256 g/mol. The molecule has 6 nitrogen and oxygen atoms in total. The number of carbonyl (C=O) groups is 2. The van der Waals surface area contributed by atoms with Crippen LogP contribution in [0.25, 0.3) is 0 Å². The highest BCUT2D eigenvalue weighted by Crippen LogP contribution is 2.15. The van der Waals surface area contributed by atoms with Crippen molar-refractivity contribution in [2.24, 2.45) is 11.7 Å². The van der Waals surface area contributed by atoms with Crippen LogP contribution in [0.15, 0.2) is 18.5 Å². The fourth-order valence-corrected chi connectivity index (χ4v) is 2.56. The van der Waals surface area contributed by atoms with Gasteiger partial charge in [0.25, 0.3) is 5.91 Å². The molecule has 1 aromatic rings. The lowest BCUT2D eigenvalue weighted by atomic mass is 9.97. The maximum atomic E-state index is 11.7. The van der Waals surface area contributed by atoms with Crippen molar-refractivity contribution in [2.75, 3.05) is 26.2 Å². The predicted octanol–water partition coefficient (Wildman–Crippen LogP) is 0.332. The maximum absolute atomic E-state index is 11.7. The molecule has 0 aliphatic carbocycles. The molecule has 0 bridgehead atoms. The first-order valence-corrected chi connectivity index (χ1v) is 7.09. The number of hydrogen-bond acceptors (Lipinski definition) is 3. The molecule has 1 aliphatic rings. The van der Waals surface area contributed by atoms with Gasteiger partial charge in [-0.05, 0) is 38.4 Å². The van der Waals surface area contributed by atoms with Crippen molar-refractivity contribution >= 4 is 11.8 Å². The summed E-state index contributed by atoms with van der Waals surface area (Å²) in [6.07, 6.45) is 6.20. The fourth-order valence-electron chi connectivity index (χ4n) is 2.56. The van der Waals surface area contributed by atoms with E-state index < -0.39 is 0 Å². The first-order valence-electron chi connectivity index (χ1n) is 7.09. The Morgan fingerprint density at radius 3 is 3.05 bits per heavy atom. The van der Waals surface area contributed by atoms with Crippen LogP contribution >= 0.6 is 0 Å². The van der Waals surface area contributed by atoms with Crippen LogP contribution in [0.3, 0.4) is 0 Å². The third-order valence-electron chi connectivity index (χ3n) is 3.70. The molecule has 110 valence electrons. The summed E-state index contributed by atoms with van der Waals surface area (Å²) in [5.41, 5.74) is 6.00. The van der Waals surface area contributed by atoms with E-state index in [1.54, 1.807) is 18.5 Å². The molecule has 1 aromatic heterocycles. The molecule has 2 heterocycles. The van der Waals surface area contributed by atoms with E-state index >= 15 is 0 Å². The first-order chi connectivity index (χ1) is 9.66. The molecule has 1 fully saturated rings. The average Bonchev–Trinajstić information content (AvgIpc) is 2.98. The van der Waals surface area contributed by atoms with E-state index in [1.807, 2.05) is 0 Å². The molecule has 2 rings (SSSR count). The van der Waals surface area contributed by atoms with Crippen LogP contribution < -0.4 is 11.1 Å². The lowest BCUT2D eigenvalue weighted by molar-refractivity contribution is -0.123. The molecule has 4 N–H and O–H groups in total. The molecule has 20 heavy (non-hydrogen) atoms. The Hall–Kier alpha value is -1.82. The summed E-state index contributed by atoms with van der Waals surface area (Å²) < 4.78 is 0. The van der Waals surface area contributed by atoms with E-state index in [0.717, 1.165) is 38.9 Å². The highest BCUT2D eigenvalue weighted by Gasteiger charge is 2.23. The number of amides is 2. The summed E-state index contributed by atoms with van der Waals surface area (Å²) in [5.74, 6) is -0.270. The first kappa shape index (κ1) is 14.6. The molecule has 1 aliphatic heterocycles. The smallest absolute Gasteiger partial charge is 0.252 e. The second-order valence-electron chi connectivity index (χ2n) is 5.25. The van der Waals surface area contributed by atoms with E-state index in [9.17, 15) is 9.59 Å². The van der Waals surface area contributed by atoms with Gasteiger partial charge in [-0.25, -0.2) is 0 Å². The molecule has 0 radical (unpaired) electrons.